The summed E-state index contributed by atoms with van der Waals surface area (Å²) < 4.78 is 16.6. The van der Waals surface area contributed by atoms with Gasteiger partial charge in [-0.3, -0.25) is 9.88 Å². The molecular weight excluding hydrogens is 362 g/mol. The highest BCUT2D eigenvalue weighted by atomic mass is 35.5. The minimum absolute atomic E-state index is 0. The van der Waals surface area contributed by atoms with E-state index in [2.05, 4.69) is 20.2 Å². The van der Waals surface area contributed by atoms with Gasteiger partial charge in [0.15, 0.2) is 0 Å². The Hall–Kier alpha value is -1.25. The first-order valence-corrected chi connectivity index (χ1v) is 8.88. The topological polar surface area (TPSA) is 56.7 Å². The maximum atomic E-state index is 5.90. The summed E-state index contributed by atoms with van der Waals surface area (Å²) in [5.74, 6) is 0.800. The number of methoxy groups -OCH3 is 2. The van der Waals surface area contributed by atoms with Crippen LogP contribution in [0.4, 0.5) is 0 Å². The highest BCUT2D eigenvalue weighted by Crippen LogP contribution is 2.24. The second-order valence-electron chi connectivity index (χ2n) is 5.84. The molecule has 0 bridgehead atoms. The van der Waals surface area contributed by atoms with Gasteiger partial charge in [0.05, 0.1) is 24.6 Å². The van der Waals surface area contributed by atoms with Crippen LogP contribution in [0, 0.1) is 0 Å². The number of hydrogen-bond acceptors (Lipinski definition) is 7. The van der Waals surface area contributed by atoms with E-state index in [1.54, 1.807) is 38.0 Å². The van der Waals surface area contributed by atoms with Gasteiger partial charge in [-0.15, -0.1) is 23.7 Å². The van der Waals surface area contributed by atoms with Crippen LogP contribution in [0.5, 0.6) is 5.75 Å². The van der Waals surface area contributed by atoms with Gasteiger partial charge in [0.2, 0.25) is 0 Å². The number of likely N-dealkylation sites (tertiary alicyclic amines) is 1. The molecule has 138 valence electrons. The Morgan fingerprint density at radius 1 is 1.36 bits per heavy atom. The monoisotopic (exact) mass is 385 g/mol. The van der Waals surface area contributed by atoms with E-state index in [9.17, 15) is 0 Å². The molecule has 0 spiro atoms. The van der Waals surface area contributed by atoms with Crippen molar-refractivity contribution < 1.29 is 14.2 Å². The van der Waals surface area contributed by atoms with Crippen LogP contribution in [0.1, 0.15) is 17.1 Å². The Bertz CT molecular complexity index is 629. The van der Waals surface area contributed by atoms with Crippen LogP contribution >= 0.6 is 23.7 Å². The van der Waals surface area contributed by atoms with E-state index < -0.39 is 0 Å². The van der Waals surface area contributed by atoms with Crippen molar-refractivity contribution >= 4 is 23.7 Å². The van der Waals surface area contributed by atoms with Gasteiger partial charge in [-0.2, -0.15) is 0 Å². The SMILES string of the molecule is COCc1nc(CN2C[C@H](OC)C[C@@H]2COc2cccnc2)cs1.Cl. The number of nitrogens with zero attached hydrogens (tertiary/aromatic N) is 3. The molecule has 1 fully saturated rings. The molecule has 0 saturated carbocycles. The summed E-state index contributed by atoms with van der Waals surface area (Å²) in [5, 5.41) is 3.12. The summed E-state index contributed by atoms with van der Waals surface area (Å²) in [7, 11) is 3.46. The molecule has 0 amide bonds. The summed E-state index contributed by atoms with van der Waals surface area (Å²) in [6.45, 7) is 2.90. The fourth-order valence-corrected chi connectivity index (χ4v) is 3.68. The molecule has 25 heavy (non-hydrogen) atoms. The Balaban J connectivity index is 0.00000225. The third-order valence-corrected chi connectivity index (χ3v) is 5.00. The van der Waals surface area contributed by atoms with E-state index in [4.69, 9.17) is 14.2 Å². The van der Waals surface area contributed by atoms with Gasteiger partial charge in [0, 0.05) is 44.9 Å². The predicted molar refractivity (Wildman–Crippen MR) is 99.4 cm³/mol. The van der Waals surface area contributed by atoms with Crippen LogP contribution in [0.15, 0.2) is 29.9 Å². The van der Waals surface area contributed by atoms with Crippen LogP contribution in [0.3, 0.4) is 0 Å². The lowest BCUT2D eigenvalue weighted by Crippen LogP contribution is -2.34. The quantitative estimate of drug-likeness (QED) is 0.696. The lowest BCUT2D eigenvalue weighted by molar-refractivity contribution is 0.107. The van der Waals surface area contributed by atoms with Crippen LogP contribution in [-0.4, -0.2) is 54.4 Å². The van der Waals surface area contributed by atoms with Gasteiger partial charge in [0.25, 0.3) is 0 Å². The molecule has 8 heteroatoms. The maximum absolute atomic E-state index is 5.90. The highest BCUT2D eigenvalue weighted by molar-refractivity contribution is 7.09. The first kappa shape index (κ1) is 20.1. The van der Waals surface area contributed by atoms with E-state index in [0.29, 0.717) is 19.3 Å². The minimum Gasteiger partial charge on any atom is -0.490 e. The number of aromatic nitrogens is 2. The zero-order valence-electron chi connectivity index (χ0n) is 14.5. The Morgan fingerprint density at radius 2 is 2.24 bits per heavy atom. The van der Waals surface area contributed by atoms with Crippen molar-refractivity contribution in [3.8, 4) is 5.75 Å². The summed E-state index contributed by atoms with van der Waals surface area (Å²) in [4.78, 5) is 11.1. The second kappa shape index (κ2) is 10.0. The highest BCUT2D eigenvalue weighted by Gasteiger charge is 2.33. The van der Waals surface area contributed by atoms with E-state index >= 15 is 0 Å². The summed E-state index contributed by atoms with van der Waals surface area (Å²) in [6.07, 6.45) is 4.69. The normalized spacial score (nSPS) is 20.4. The first-order chi connectivity index (χ1) is 11.8. The number of halogens is 1. The average molecular weight is 386 g/mol. The van der Waals surface area contributed by atoms with Crippen LogP contribution in [0.2, 0.25) is 0 Å². The van der Waals surface area contributed by atoms with Gasteiger partial charge in [0.1, 0.15) is 17.4 Å². The fraction of sp³-hybridized carbons (Fsp3) is 0.529. The first-order valence-electron chi connectivity index (χ1n) is 8.00. The van der Waals surface area contributed by atoms with Gasteiger partial charge in [-0.1, -0.05) is 0 Å². The molecule has 2 atom stereocenters. The third kappa shape index (κ3) is 5.62. The van der Waals surface area contributed by atoms with Crippen molar-refractivity contribution in [1.82, 2.24) is 14.9 Å². The molecule has 1 saturated heterocycles. The zero-order chi connectivity index (χ0) is 16.8. The molecule has 1 aliphatic rings. The van der Waals surface area contributed by atoms with Crippen LogP contribution in [-0.2, 0) is 22.6 Å². The van der Waals surface area contributed by atoms with Crippen molar-refractivity contribution in [1.29, 1.82) is 0 Å². The van der Waals surface area contributed by atoms with E-state index in [1.165, 1.54) is 0 Å². The smallest absolute Gasteiger partial charge is 0.137 e. The fourth-order valence-electron chi connectivity index (χ4n) is 2.92. The molecule has 0 unspecified atom stereocenters. The molecule has 1 aliphatic heterocycles. The van der Waals surface area contributed by atoms with Gasteiger partial charge in [-0.05, 0) is 18.6 Å². The van der Waals surface area contributed by atoms with Crippen LogP contribution < -0.4 is 4.74 Å². The third-order valence-electron chi connectivity index (χ3n) is 4.13. The number of pyridine rings is 1. The van der Waals surface area contributed by atoms with Crippen molar-refractivity contribution in [3.63, 3.8) is 0 Å². The van der Waals surface area contributed by atoms with E-state index in [1.807, 2.05) is 12.1 Å². The minimum atomic E-state index is 0. The molecule has 6 nitrogen and oxygen atoms in total. The number of rotatable bonds is 8. The summed E-state index contributed by atoms with van der Waals surface area (Å²) in [5.41, 5.74) is 1.08. The maximum Gasteiger partial charge on any atom is 0.137 e. The Kier molecular flexibility index (Phi) is 8.05. The summed E-state index contributed by atoms with van der Waals surface area (Å²) in [6, 6.07) is 4.12. The average Bonchev–Trinajstić information content (AvgIpc) is 3.21. The van der Waals surface area contributed by atoms with Crippen molar-refractivity contribution in [3.05, 3.63) is 40.6 Å². The zero-order valence-corrected chi connectivity index (χ0v) is 16.1. The molecule has 3 heterocycles. The number of ether oxygens (including phenoxy) is 3. The molecule has 0 aliphatic carbocycles. The summed E-state index contributed by atoms with van der Waals surface area (Å²) >= 11 is 1.64. The predicted octanol–water partition coefficient (Wildman–Crippen LogP) is 2.77. The molecule has 0 N–H and O–H groups in total. The van der Waals surface area contributed by atoms with Crippen molar-refractivity contribution in [2.45, 2.75) is 31.7 Å². The van der Waals surface area contributed by atoms with Crippen LogP contribution in [0.25, 0.3) is 0 Å². The molecule has 0 radical (unpaired) electrons. The van der Waals surface area contributed by atoms with Gasteiger partial charge < -0.3 is 14.2 Å². The molecule has 2 aromatic rings. The Labute approximate surface area is 158 Å². The Morgan fingerprint density at radius 3 is 2.96 bits per heavy atom. The lowest BCUT2D eigenvalue weighted by atomic mass is 10.2. The number of hydrogen-bond donors (Lipinski definition) is 0. The second-order valence-corrected chi connectivity index (χ2v) is 6.78. The van der Waals surface area contributed by atoms with Crippen molar-refractivity contribution in [2.75, 3.05) is 27.4 Å². The molecule has 2 aromatic heterocycles. The molecule has 3 rings (SSSR count). The molecule has 0 aromatic carbocycles. The van der Waals surface area contributed by atoms with Gasteiger partial charge >= 0.3 is 0 Å². The standard InChI is InChI=1S/C17H23N3O3S.ClH/c1-21-11-17-19-13(12-24-17)8-20-9-16(22-2)6-14(20)10-23-15-4-3-5-18-7-15;/h3-5,7,12,14,16H,6,8-11H2,1-2H3;1H/t14-,16-;/m1./s1. The lowest BCUT2D eigenvalue weighted by Gasteiger charge is -2.23. The van der Waals surface area contributed by atoms with E-state index in [-0.39, 0.29) is 18.5 Å². The van der Waals surface area contributed by atoms with Gasteiger partial charge in [-0.25, -0.2) is 4.98 Å². The largest absolute Gasteiger partial charge is 0.490 e. The van der Waals surface area contributed by atoms with Crippen molar-refractivity contribution in [2.24, 2.45) is 0 Å². The van der Waals surface area contributed by atoms with E-state index in [0.717, 1.165) is 36.0 Å². The number of thiazole rings is 1. The molecular formula is C17H24ClN3O3S.